The highest BCUT2D eigenvalue weighted by atomic mass is 32.2. The first-order chi connectivity index (χ1) is 14.1. The van der Waals surface area contributed by atoms with Crippen LogP contribution in [0.3, 0.4) is 0 Å². The Morgan fingerprint density at radius 3 is 2.53 bits per heavy atom. The van der Waals surface area contributed by atoms with Crippen LogP contribution in [0.25, 0.3) is 10.2 Å². The van der Waals surface area contributed by atoms with Crippen LogP contribution in [0.4, 0.5) is 0 Å². The van der Waals surface area contributed by atoms with E-state index in [1.54, 1.807) is 0 Å². The molecule has 0 spiro atoms. The van der Waals surface area contributed by atoms with Gasteiger partial charge in [0.2, 0.25) is 10.0 Å². The van der Waals surface area contributed by atoms with Gasteiger partial charge in [-0.3, -0.25) is 9.59 Å². The highest BCUT2D eigenvalue weighted by Crippen LogP contribution is 2.21. The Morgan fingerprint density at radius 2 is 1.90 bits per heavy atom. The van der Waals surface area contributed by atoms with Crippen LogP contribution in [-0.2, 0) is 37.3 Å². The summed E-state index contributed by atoms with van der Waals surface area (Å²) in [6.07, 6.45) is 0.112. The first kappa shape index (κ1) is 21.9. The number of carbonyl (C=O) groups is 2. The molecule has 2 aromatic carbocycles. The number of hydrogen-bond acceptors (Lipinski definition) is 6. The normalized spacial score (nSPS) is 12.3. The smallest absolute Gasteiger partial charge is 0.325 e. The van der Waals surface area contributed by atoms with E-state index in [0.717, 1.165) is 28.0 Å². The average Bonchev–Trinajstić information content (AvgIpc) is 2.99. The third-order valence-electron chi connectivity index (χ3n) is 4.56. The predicted octanol–water partition coefficient (Wildman–Crippen LogP) is 1.81. The number of methoxy groups -OCH3 is 1. The zero-order valence-electron chi connectivity index (χ0n) is 16.7. The quantitative estimate of drug-likeness (QED) is 0.598. The molecule has 0 aliphatic carbocycles. The number of aryl methyl sites for hydroxylation is 2. The van der Waals surface area contributed by atoms with Crippen LogP contribution in [0.15, 0.2) is 46.3 Å². The van der Waals surface area contributed by atoms with Crippen molar-refractivity contribution in [2.24, 2.45) is 10.1 Å². The molecule has 3 aromatic rings. The maximum atomic E-state index is 12.6. The Morgan fingerprint density at radius 1 is 1.17 bits per heavy atom. The number of fused-ring (bicyclic) bond motifs is 1. The van der Waals surface area contributed by atoms with E-state index in [4.69, 9.17) is 9.88 Å². The predicted molar refractivity (Wildman–Crippen MR) is 113 cm³/mol. The Labute approximate surface area is 177 Å². The topological polar surface area (TPSA) is 121 Å². The average molecular weight is 448 g/mol. The van der Waals surface area contributed by atoms with E-state index in [-0.39, 0.29) is 28.6 Å². The summed E-state index contributed by atoms with van der Waals surface area (Å²) in [4.78, 5) is 28.9. The van der Waals surface area contributed by atoms with Crippen molar-refractivity contribution < 1.29 is 22.7 Å². The van der Waals surface area contributed by atoms with Gasteiger partial charge in [0.1, 0.15) is 6.54 Å². The molecule has 8 nitrogen and oxygen atoms in total. The molecule has 0 aliphatic heterocycles. The van der Waals surface area contributed by atoms with Crippen LogP contribution in [0, 0.1) is 13.8 Å². The molecule has 0 bridgehead atoms. The van der Waals surface area contributed by atoms with Crippen molar-refractivity contribution in [3.8, 4) is 0 Å². The number of rotatable bonds is 5. The molecule has 0 saturated heterocycles. The number of amides is 1. The molecule has 0 atom stereocenters. The Hall–Kier alpha value is -2.82. The molecule has 1 amide bonds. The van der Waals surface area contributed by atoms with Gasteiger partial charge in [-0.15, -0.1) is 0 Å². The minimum Gasteiger partial charge on any atom is -0.468 e. The summed E-state index contributed by atoms with van der Waals surface area (Å²) in [6, 6.07) is 10.1. The van der Waals surface area contributed by atoms with E-state index in [1.165, 1.54) is 29.9 Å². The third kappa shape index (κ3) is 4.84. The Balaban J connectivity index is 2.08. The number of hydrogen-bond donors (Lipinski definition) is 1. The number of nitrogens with two attached hydrogens (primary N) is 1. The van der Waals surface area contributed by atoms with Gasteiger partial charge < -0.3 is 9.30 Å². The first-order valence-corrected chi connectivity index (χ1v) is 11.3. The first-order valence-electron chi connectivity index (χ1n) is 8.95. The number of aromatic nitrogens is 1. The Kier molecular flexibility index (Phi) is 6.20. The molecule has 0 aliphatic rings. The zero-order valence-corrected chi connectivity index (χ0v) is 18.3. The van der Waals surface area contributed by atoms with Gasteiger partial charge >= 0.3 is 5.97 Å². The maximum absolute atomic E-state index is 12.6. The van der Waals surface area contributed by atoms with Crippen LogP contribution in [0.5, 0.6) is 0 Å². The van der Waals surface area contributed by atoms with E-state index in [0.29, 0.717) is 10.2 Å². The second kappa shape index (κ2) is 8.50. The van der Waals surface area contributed by atoms with Crippen molar-refractivity contribution >= 4 is 43.5 Å². The summed E-state index contributed by atoms with van der Waals surface area (Å²) in [7, 11) is -2.63. The molecule has 2 N–H and O–H groups in total. The minimum atomic E-state index is -3.89. The number of nitrogens with zero attached hydrogens (tertiary/aromatic N) is 2. The van der Waals surface area contributed by atoms with Gasteiger partial charge in [0.15, 0.2) is 4.80 Å². The van der Waals surface area contributed by atoms with Crippen LogP contribution >= 0.6 is 11.3 Å². The molecule has 0 radical (unpaired) electrons. The molecule has 30 heavy (non-hydrogen) atoms. The fourth-order valence-electron chi connectivity index (χ4n) is 3.02. The number of thiazole rings is 1. The standard InChI is InChI=1S/C20H21N3O5S2/c1-12-4-5-14(13(2)8-12)9-18(24)22-20-23(11-19(25)28-3)16-7-6-15(30(21,26)27)10-17(16)29-20/h4-8,10H,9,11H2,1-3H3,(H2,21,26,27). The molecule has 0 fully saturated rings. The third-order valence-corrected chi connectivity index (χ3v) is 6.51. The number of esters is 1. The van der Waals surface area contributed by atoms with E-state index in [9.17, 15) is 18.0 Å². The molecule has 1 heterocycles. The van der Waals surface area contributed by atoms with Crippen LogP contribution in [-0.4, -0.2) is 32.0 Å². The summed E-state index contributed by atoms with van der Waals surface area (Å²) in [5.74, 6) is -0.896. The largest absolute Gasteiger partial charge is 0.468 e. The molecule has 1 aromatic heterocycles. The van der Waals surface area contributed by atoms with E-state index >= 15 is 0 Å². The number of ether oxygens (including phenoxy) is 1. The van der Waals surface area contributed by atoms with Crippen molar-refractivity contribution in [3.05, 3.63) is 57.9 Å². The second-order valence-corrected chi connectivity index (χ2v) is 9.40. The number of benzene rings is 2. The van der Waals surface area contributed by atoms with Crippen molar-refractivity contribution in [1.29, 1.82) is 0 Å². The van der Waals surface area contributed by atoms with Crippen LogP contribution < -0.4 is 9.94 Å². The molecule has 10 heteroatoms. The van der Waals surface area contributed by atoms with E-state index in [1.807, 2.05) is 32.0 Å². The van der Waals surface area contributed by atoms with Crippen molar-refractivity contribution in [3.63, 3.8) is 0 Å². The maximum Gasteiger partial charge on any atom is 0.325 e. The SMILES string of the molecule is COC(=O)Cn1c(=NC(=O)Cc2ccc(C)cc2C)sc2cc(S(N)(=O)=O)ccc21. The zero-order chi connectivity index (χ0) is 22.1. The minimum absolute atomic E-state index is 0.0605. The number of primary sulfonamides is 1. The summed E-state index contributed by atoms with van der Waals surface area (Å²) in [5, 5.41) is 5.20. The van der Waals surface area contributed by atoms with E-state index < -0.39 is 16.0 Å². The summed E-state index contributed by atoms with van der Waals surface area (Å²) in [6.45, 7) is 3.74. The molecule has 158 valence electrons. The van der Waals surface area contributed by atoms with Gasteiger partial charge in [0, 0.05) is 0 Å². The summed E-state index contributed by atoms with van der Waals surface area (Å²) >= 11 is 1.10. The van der Waals surface area contributed by atoms with Crippen LogP contribution in [0.1, 0.15) is 16.7 Å². The molecular formula is C20H21N3O5S2. The lowest BCUT2D eigenvalue weighted by Crippen LogP contribution is -2.22. The fourth-order valence-corrected chi connectivity index (χ4v) is 4.72. The lowest BCUT2D eigenvalue weighted by molar-refractivity contribution is -0.141. The van der Waals surface area contributed by atoms with Gasteiger partial charge in [-0.2, -0.15) is 4.99 Å². The number of carbonyl (C=O) groups excluding carboxylic acids is 2. The lowest BCUT2D eigenvalue weighted by Gasteiger charge is -2.05. The highest BCUT2D eigenvalue weighted by molar-refractivity contribution is 7.89. The summed E-state index contributed by atoms with van der Waals surface area (Å²) < 4.78 is 30.1. The summed E-state index contributed by atoms with van der Waals surface area (Å²) in [5.41, 5.74) is 3.52. The van der Waals surface area contributed by atoms with Gasteiger partial charge in [-0.1, -0.05) is 35.1 Å². The van der Waals surface area contributed by atoms with Gasteiger partial charge in [0.05, 0.1) is 28.6 Å². The number of sulfonamides is 1. The fraction of sp³-hybridized carbons (Fsp3) is 0.250. The van der Waals surface area contributed by atoms with Crippen LogP contribution in [0.2, 0.25) is 0 Å². The van der Waals surface area contributed by atoms with Crippen molar-refractivity contribution in [2.75, 3.05) is 7.11 Å². The molecule has 3 rings (SSSR count). The van der Waals surface area contributed by atoms with Gasteiger partial charge in [-0.05, 0) is 43.2 Å². The second-order valence-electron chi connectivity index (χ2n) is 6.83. The van der Waals surface area contributed by atoms with Crippen molar-refractivity contribution in [2.45, 2.75) is 31.7 Å². The molecule has 0 unspecified atom stereocenters. The molecule has 0 saturated carbocycles. The molecular weight excluding hydrogens is 426 g/mol. The van der Waals surface area contributed by atoms with Gasteiger partial charge in [0.25, 0.3) is 5.91 Å². The Bertz CT molecular complexity index is 1320. The van der Waals surface area contributed by atoms with Crippen molar-refractivity contribution in [1.82, 2.24) is 4.57 Å². The lowest BCUT2D eigenvalue weighted by atomic mass is 10.0. The van der Waals surface area contributed by atoms with E-state index in [2.05, 4.69) is 4.99 Å². The van der Waals surface area contributed by atoms with Gasteiger partial charge in [-0.25, -0.2) is 13.6 Å². The highest BCUT2D eigenvalue weighted by Gasteiger charge is 2.15. The monoisotopic (exact) mass is 447 g/mol.